The van der Waals surface area contributed by atoms with Crippen LogP contribution < -0.4 is 0 Å². The summed E-state index contributed by atoms with van der Waals surface area (Å²) in [6, 6.07) is 17.1. The van der Waals surface area contributed by atoms with Gasteiger partial charge in [0.2, 0.25) is 0 Å². The third kappa shape index (κ3) is 6.09. The molecule has 0 aliphatic carbocycles. The summed E-state index contributed by atoms with van der Waals surface area (Å²) >= 11 is 0. The molecule has 1 radical (unpaired) electrons. The fourth-order valence-corrected chi connectivity index (χ4v) is 2.69. The minimum Gasteiger partial charge on any atom is -0.477 e. The molecule has 4 aromatic rings. The van der Waals surface area contributed by atoms with Crippen molar-refractivity contribution in [2.75, 3.05) is 0 Å². The van der Waals surface area contributed by atoms with E-state index in [4.69, 9.17) is 5.11 Å². The maximum absolute atomic E-state index is 14.7. The topological polar surface area (TPSA) is 76.0 Å². The predicted octanol–water partition coefficient (Wildman–Crippen LogP) is 5.23. The molecule has 0 aliphatic rings. The van der Waals surface area contributed by atoms with Crippen molar-refractivity contribution in [3.8, 4) is 22.5 Å². The van der Waals surface area contributed by atoms with Crippen LogP contribution in [0, 0.1) is 17.7 Å². The van der Waals surface area contributed by atoms with Crippen molar-refractivity contribution < 1.29 is 38.8 Å². The molecule has 2 aromatic carbocycles. The van der Waals surface area contributed by atoms with E-state index in [1.54, 1.807) is 54.9 Å². The van der Waals surface area contributed by atoms with E-state index in [0.717, 1.165) is 18.1 Å². The number of benzene rings is 2. The van der Waals surface area contributed by atoms with E-state index in [1.807, 2.05) is 6.92 Å². The Labute approximate surface area is 197 Å². The third-order valence-electron chi connectivity index (χ3n) is 4.30. The molecule has 0 spiro atoms. The van der Waals surface area contributed by atoms with Crippen LogP contribution in [0.15, 0.2) is 73.2 Å². The molecule has 0 amide bonds. The van der Waals surface area contributed by atoms with E-state index in [0.29, 0.717) is 5.56 Å². The second kappa shape index (κ2) is 11.9. The molecule has 4 rings (SSSR count). The van der Waals surface area contributed by atoms with Crippen LogP contribution in [0.3, 0.4) is 0 Å². The summed E-state index contributed by atoms with van der Waals surface area (Å²) in [6.45, 7) is 1.98. The summed E-state index contributed by atoms with van der Waals surface area (Å²) in [4.78, 5) is 22.0. The van der Waals surface area contributed by atoms with E-state index < -0.39 is 17.6 Å². The first-order valence-electron chi connectivity index (χ1n) is 9.42. The molecule has 0 fully saturated rings. The molecule has 0 saturated heterocycles. The number of carbonyl (C=O) groups is 1. The van der Waals surface area contributed by atoms with Crippen LogP contribution in [0.1, 0.15) is 23.0 Å². The van der Waals surface area contributed by atoms with Gasteiger partial charge in [0, 0.05) is 44.5 Å². The summed E-state index contributed by atoms with van der Waals surface area (Å²) in [7, 11) is 0. The number of nitrogens with zero attached hydrogens (tertiary/aromatic N) is 3. The van der Waals surface area contributed by atoms with Crippen molar-refractivity contribution in [2.24, 2.45) is 0 Å². The van der Waals surface area contributed by atoms with Crippen LogP contribution in [0.4, 0.5) is 8.78 Å². The first-order chi connectivity index (χ1) is 15.0. The van der Waals surface area contributed by atoms with Crippen molar-refractivity contribution in [3.05, 3.63) is 102 Å². The molecule has 1 N–H and O–H groups in total. The van der Waals surface area contributed by atoms with E-state index in [9.17, 15) is 13.6 Å². The SMILES string of the molecule is CCc1cnc(-c2[c-]cc(F)c(-c3ccccc3)c2F)nc1.O=C(O)c1ccccn1.[Ir]. The summed E-state index contributed by atoms with van der Waals surface area (Å²) in [5, 5.41) is 8.32. The fraction of sp³-hybridized carbons (Fsp3) is 0.0833. The zero-order valence-electron chi connectivity index (χ0n) is 16.9. The second-order valence-electron chi connectivity index (χ2n) is 6.36. The Bertz CT molecular complexity index is 1160. The van der Waals surface area contributed by atoms with Gasteiger partial charge >= 0.3 is 5.97 Å². The van der Waals surface area contributed by atoms with Crippen molar-refractivity contribution in [2.45, 2.75) is 13.3 Å². The summed E-state index contributed by atoms with van der Waals surface area (Å²) < 4.78 is 28.8. The molecular weight excluding hydrogens is 592 g/mol. The number of hydrogen-bond acceptors (Lipinski definition) is 4. The molecule has 0 atom stereocenters. The zero-order valence-corrected chi connectivity index (χ0v) is 19.3. The van der Waals surface area contributed by atoms with Crippen LogP contribution >= 0.6 is 0 Å². The number of aromatic nitrogens is 3. The van der Waals surface area contributed by atoms with Crippen LogP contribution in [0.5, 0.6) is 0 Å². The molecule has 0 aliphatic heterocycles. The number of carboxylic acids is 1. The van der Waals surface area contributed by atoms with Crippen LogP contribution in [-0.4, -0.2) is 26.0 Å². The number of halogens is 2. The van der Waals surface area contributed by atoms with Gasteiger partial charge in [0.05, 0.1) is 11.6 Å². The number of rotatable bonds is 4. The number of pyridine rings is 1. The third-order valence-corrected chi connectivity index (χ3v) is 4.30. The second-order valence-corrected chi connectivity index (χ2v) is 6.36. The van der Waals surface area contributed by atoms with Gasteiger partial charge in [0.15, 0.2) is 0 Å². The molecule has 165 valence electrons. The minimum atomic E-state index is -0.990. The molecule has 0 bridgehead atoms. The quantitative estimate of drug-likeness (QED) is 0.321. The monoisotopic (exact) mass is 611 g/mol. The van der Waals surface area contributed by atoms with Gasteiger partial charge in [-0.3, -0.25) is 18.7 Å². The number of hydrogen-bond donors (Lipinski definition) is 1. The van der Waals surface area contributed by atoms with Gasteiger partial charge < -0.3 is 5.11 Å². The maximum atomic E-state index is 14.7. The zero-order chi connectivity index (χ0) is 22.2. The van der Waals surface area contributed by atoms with E-state index in [-0.39, 0.29) is 42.8 Å². The maximum Gasteiger partial charge on any atom is 0.354 e. The number of carboxylic acid groups (broad SMARTS) is 1. The van der Waals surface area contributed by atoms with Crippen molar-refractivity contribution in [3.63, 3.8) is 0 Å². The molecule has 2 aromatic heterocycles. The van der Waals surface area contributed by atoms with Gasteiger partial charge in [-0.15, -0.1) is 12.1 Å². The first kappa shape index (κ1) is 24.9. The van der Waals surface area contributed by atoms with Gasteiger partial charge in [-0.2, -0.15) is 0 Å². The van der Waals surface area contributed by atoms with Gasteiger partial charge in [-0.05, 0) is 35.2 Å². The van der Waals surface area contributed by atoms with E-state index in [1.165, 1.54) is 12.3 Å². The van der Waals surface area contributed by atoms with Gasteiger partial charge in [-0.25, -0.2) is 9.78 Å². The van der Waals surface area contributed by atoms with Crippen LogP contribution in [0.2, 0.25) is 0 Å². The Morgan fingerprint density at radius 2 is 1.66 bits per heavy atom. The molecule has 0 unspecified atom stereocenters. The standard InChI is InChI=1S/C18H13F2N2.C6H5NO2.Ir/c1-2-12-10-21-18(22-11-12)14-8-9-15(19)16(17(14)20)13-6-4-3-5-7-13;8-6(9)5-3-1-2-4-7-5;/h3-7,9-11H,2H2,1H3;1-4H,(H,8,9);/q-1;;. The summed E-state index contributed by atoms with van der Waals surface area (Å²) in [5.74, 6) is -2.14. The van der Waals surface area contributed by atoms with Crippen molar-refractivity contribution in [1.82, 2.24) is 15.0 Å². The van der Waals surface area contributed by atoms with E-state index >= 15 is 0 Å². The Morgan fingerprint density at radius 3 is 2.19 bits per heavy atom. The Balaban J connectivity index is 0.000000307. The van der Waals surface area contributed by atoms with Gasteiger partial charge in [0.25, 0.3) is 0 Å². The first-order valence-corrected chi connectivity index (χ1v) is 9.42. The molecule has 2 heterocycles. The number of aryl methyl sites for hydroxylation is 1. The van der Waals surface area contributed by atoms with Gasteiger partial charge in [0.1, 0.15) is 5.69 Å². The van der Waals surface area contributed by atoms with Gasteiger partial charge in [-0.1, -0.05) is 48.9 Å². The Kier molecular flexibility index (Phi) is 9.25. The average Bonchev–Trinajstić information content (AvgIpc) is 2.81. The van der Waals surface area contributed by atoms with Crippen molar-refractivity contribution in [1.29, 1.82) is 0 Å². The summed E-state index contributed by atoms with van der Waals surface area (Å²) in [5.41, 5.74) is 1.49. The van der Waals surface area contributed by atoms with Crippen molar-refractivity contribution >= 4 is 5.97 Å². The molecule has 5 nitrogen and oxygen atoms in total. The predicted molar refractivity (Wildman–Crippen MR) is 112 cm³/mol. The fourth-order valence-electron chi connectivity index (χ4n) is 2.69. The normalized spacial score (nSPS) is 9.84. The average molecular weight is 611 g/mol. The van der Waals surface area contributed by atoms with E-state index in [2.05, 4.69) is 21.0 Å². The largest absolute Gasteiger partial charge is 0.477 e. The smallest absolute Gasteiger partial charge is 0.354 e. The Morgan fingerprint density at radius 1 is 1.00 bits per heavy atom. The van der Waals surface area contributed by atoms with Crippen LogP contribution in [0.25, 0.3) is 22.5 Å². The molecule has 0 saturated carbocycles. The van der Waals surface area contributed by atoms with Crippen LogP contribution in [-0.2, 0) is 26.5 Å². The Hall–Kier alpha value is -3.35. The minimum absolute atomic E-state index is 0. The molecule has 32 heavy (non-hydrogen) atoms. The number of aromatic carboxylic acids is 1. The molecule has 8 heteroatoms. The molecular formula is C24H18F2IrN3O2-. The summed E-state index contributed by atoms with van der Waals surface area (Å²) in [6.07, 6.45) is 5.52.